The van der Waals surface area contributed by atoms with Crippen LogP contribution in [-0.2, 0) is 11.3 Å². The number of pyridine rings is 1. The molecule has 0 aliphatic carbocycles. The van der Waals surface area contributed by atoms with E-state index in [1.165, 1.54) is 0 Å². The first kappa shape index (κ1) is 17.1. The maximum Gasteiger partial charge on any atom is 0.237 e. The van der Waals surface area contributed by atoms with Crippen molar-refractivity contribution in [2.45, 2.75) is 46.7 Å². The van der Waals surface area contributed by atoms with Crippen LogP contribution in [0.2, 0.25) is 0 Å². The fraction of sp³-hybridized carbons (Fsp3) is 0.471. The topological polar surface area (TPSA) is 85.8 Å². The van der Waals surface area contributed by atoms with Gasteiger partial charge in [0.25, 0.3) is 0 Å². The molecule has 2 atom stereocenters. The number of aryl methyl sites for hydroxylation is 2. The molecule has 6 nitrogen and oxygen atoms in total. The fourth-order valence-corrected chi connectivity index (χ4v) is 2.33. The van der Waals surface area contributed by atoms with Gasteiger partial charge in [0.05, 0.1) is 11.7 Å². The van der Waals surface area contributed by atoms with E-state index >= 15 is 0 Å². The zero-order valence-electron chi connectivity index (χ0n) is 14.2. The van der Waals surface area contributed by atoms with E-state index in [9.17, 15) is 4.79 Å². The molecule has 2 aromatic heterocycles. The first-order valence-electron chi connectivity index (χ1n) is 7.94. The summed E-state index contributed by atoms with van der Waals surface area (Å²) >= 11 is 0. The minimum atomic E-state index is -0.470. The normalized spacial score (nSPS) is 13.6. The summed E-state index contributed by atoms with van der Waals surface area (Å²) < 4.78 is 1.80. The van der Waals surface area contributed by atoms with Crippen LogP contribution in [0.15, 0.2) is 24.4 Å². The third-order valence-electron chi connectivity index (χ3n) is 4.06. The summed E-state index contributed by atoms with van der Waals surface area (Å²) in [6.45, 7) is 8.38. The van der Waals surface area contributed by atoms with Crippen molar-refractivity contribution in [2.75, 3.05) is 0 Å². The van der Waals surface area contributed by atoms with Gasteiger partial charge in [0.1, 0.15) is 0 Å². The molecule has 0 saturated carbocycles. The maximum atomic E-state index is 12.0. The zero-order valence-corrected chi connectivity index (χ0v) is 14.2. The lowest BCUT2D eigenvalue weighted by Gasteiger charge is -2.17. The predicted molar refractivity (Wildman–Crippen MR) is 90.1 cm³/mol. The molecule has 0 radical (unpaired) electrons. The second kappa shape index (κ2) is 7.37. The van der Waals surface area contributed by atoms with Crippen molar-refractivity contribution in [3.05, 3.63) is 41.3 Å². The van der Waals surface area contributed by atoms with Crippen molar-refractivity contribution >= 4 is 5.91 Å². The van der Waals surface area contributed by atoms with Gasteiger partial charge < -0.3 is 11.1 Å². The highest BCUT2D eigenvalue weighted by Gasteiger charge is 2.18. The molecular weight excluding hydrogens is 290 g/mol. The molecule has 0 aliphatic rings. The molecule has 2 rings (SSSR count). The Morgan fingerprint density at radius 2 is 2.13 bits per heavy atom. The van der Waals surface area contributed by atoms with Crippen LogP contribution >= 0.6 is 0 Å². The highest BCUT2D eigenvalue weighted by molar-refractivity contribution is 5.81. The largest absolute Gasteiger partial charge is 0.351 e. The second-order valence-electron chi connectivity index (χ2n) is 5.99. The average Bonchev–Trinajstić information content (AvgIpc) is 2.90. The van der Waals surface area contributed by atoms with E-state index in [-0.39, 0.29) is 11.8 Å². The van der Waals surface area contributed by atoms with Gasteiger partial charge in [-0.25, -0.2) is 9.67 Å². The fourth-order valence-electron chi connectivity index (χ4n) is 2.33. The highest BCUT2D eigenvalue weighted by atomic mass is 16.2. The summed E-state index contributed by atoms with van der Waals surface area (Å²) in [5.74, 6) is 0.811. The molecule has 1 amide bonds. The van der Waals surface area contributed by atoms with Crippen LogP contribution in [0.25, 0.3) is 5.82 Å². The molecule has 6 heteroatoms. The molecular formula is C17H25N5O. The monoisotopic (exact) mass is 315 g/mol. The number of rotatable bonds is 6. The number of nitrogens with two attached hydrogens (primary N) is 1. The molecule has 124 valence electrons. The van der Waals surface area contributed by atoms with Crippen molar-refractivity contribution in [1.82, 2.24) is 20.1 Å². The smallest absolute Gasteiger partial charge is 0.237 e. The quantitative estimate of drug-likeness (QED) is 0.852. The minimum absolute atomic E-state index is 0.123. The van der Waals surface area contributed by atoms with E-state index < -0.39 is 6.04 Å². The van der Waals surface area contributed by atoms with Crippen molar-refractivity contribution < 1.29 is 4.79 Å². The van der Waals surface area contributed by atoms with Crippen LogP contribution < -0.4 is 11.1 Å². The molecule has 0 bridgehead atoms. The standard InChI is InChI=1S/C17H25N5O/c1-5-11(2)16(18)17(23)20-10-14-6-7-15(19-9-14)22-13(4)8-12(3)21-22/h6-9,11,16H,5,10,18H2,1-4H3,(H,20,23). The van der Waals surface area contributed by atoms with E-state index in [0.29, 0.717) is 6.54 Å². The molecule has 0 fully saturated rings. The van der Waals surface area contributed by atoms with Crippen molar-refractivity contribution in [1.29, 1.82) is 0 Å². The first-order chi connectivity index (χ1) is 10.9. The third kappa shape index (κ3) is 4.16. The van der Waals surface area contributed by atoms with Crippen molar-refractivity contribution in [2.24, 2.45) is 11.7 Å². The van der Waals surface area contributed by atoms with Gasteiger partial charge in [0, 0.05) is 18.4 Å². The van der Waals surface area contributed by atoms with Crippen LogP contribution in [0, 0.1) is 19.8 Å². The van der Waals surface area contributed by atoms with Gasteiger partial charge in [-0.3, -0.25) is 4.79 Å². The summed E-state index contributed by atoms with van der Waals surface area (Å²) in [5, 5.41) is 7.27. The van der Waals surface area contributed by atoms with Gasteiger partial charge in [0.2, 0.25) is 5.91 Å². The molecule has 0 spiro atoms. The summed E-state index contributed by atoms with van der Waals surface area (Å²) in [4.78, 5) is 16.4. The Labute approximate surface area is 137 Å². The minimum Gasteiger partial charge on any atom is -0.351 e. The molecule has 23 heavy (non-hydrogen) atoms. The molecule has 2 heterocycles. The molecule has 0 aliphatic heterocycles. The lowest BCUT2D eigenvalue weighted by molar-refractivity contribution is -0.123. The molecule has 2 unspecified atom stereocenters. The number of amides is 1. The van der Waals surface area contributed by atoms with Crippen LogP contribution in [-0.4, -0.2) is 26.7 Å². The van der Waals surface area contributed by atoms with Gasteiger partial charge in [-0.05, 0) is 37.5 Å². The Balaban J connectivity index is 1.98. The molecule has 0 aromatic carbocycles. The number of carbonyl (C=O) groups is 1. The van der Waals surface area contributed by atoms with Gasteiger partial charge in [-0.2, -0.15) is 5.10 Å². The van der Waals surface area contributed by atoms with Crippen molar-refractivity contribution in [3.8, 4) is 5.82 Å². The number of carbonyl (C=O) groups excluding carboxylic acids is 1. The van der Waals surface area contributed by atoms with E-state index in [1.54, 1.807) is 10.9 Å². The summed E-state index contributed by atoms with van der Waals surface area (Å²) in [5.41, 5.74) is 8.84. The molecule has 2 aromatic rings. The number of nitrogens with one attached hydrogen (secondary N) is 1. The SMILES string of the molecule is CCC(C)C(N)C(=O)NCc1ccc(-n2nc(C)cc2C)nc1. The predicted octanol–water partition coefficient (Wildman–Crippen LogP) is 1.87. The Morgan fingerprint density at radius 3 is 2.65 bits per heavy atom. The second-order valence-corrected chi connectivity index (χ2v) is 5.99. The lowest BCUT2D eigenvalue weighted by atomic mass is 9.99. The van der Waals surface area contributed by atoms with Gasteiger partial charge in [-0.1, -0.05) is 26.3 Å². The maximum absolute atomic E-state index is 12.0. The average molecular weight is 315 g/mol. The number of hydrogen-bond acceptors (Lipinski definition) is 4. The number of hydrogen-bond donors (Lipinski definition) is 2. The van der Waals surface area contributed by atoms with Crippen LogP contribution in [0.4, 0.5) is 0 Å². The van der Waals surface area contributed by atoms with E-state index in [0.717, 1.165) is 29.2 Å². The zero-order chi connectivity index (χ0) is 17.0. The summed E-state index contributed by atoms with van der Waals surface area (Å²) in [7, 11) is 0. The van der Waals surface area contributed by atoms with Gasteiger partial charge >= 0.3 is 0 Å². The summed E-state index contributed by atoms with van der Waals surface area (Å²) in [6.07, 6.45) is 2.63. The Hall–Kier alpha value is -2.21. The molecule has 0 saturated heterocycles. The third-order valence-corrected chi connectivity index (χ3v) is 4.06. The number of nitrogens with zero attached hydrogens (tertiary/aromatic N) is 3. The van der Waals surface area contributed by atoms with Crippen LogP contribution in [0.1, 0.15) is 37.2 Å². The lowest BCUT2D eigenvalue weighted by Crippen LogP contribution is -2.44. The van der Waals surface area contributed by atoms with Crippen LogP contribution in [0.5, 0.6) is 0 Å². The van der Waals surface area contributed by atoms with E-state index in [2.05, 4.69) is 15.4 Å². The van der Waals surface area contributed by atoms with E-state index in [1.807, 2.05) is 45.9 Å². The van der Waals surface area contributed by atoms with Gasteiger partial charge in [-0.15, -0.1) is 0 Å². The van der Waals surface area contributed by atoms with E-state index in [4.69, 9.17) is 5.73 Å². The Morgan fingerprint density at radius 1 is 1.39 bits per heavy atom. The Kier molecular flexibility index (Phi) is 5.50. The molecule has 3 N–H and O–H groups in total. The Bertz CT molecular complexity index is 662. The first-order valence-corrected chi connectivity index (χ1v) is 7.94. The van der Waals surface area contributed by atoms with Crippen molar-refractivity contribution in [3.63, 3.8) is 0 Å². The van der Waals surface area contributed by atoms with Crippen LogP contribution in [0.3, 0.4) is 0 Å². The highest BCUT2D eigenvalue weighted by Crippen LogP contribution is 2.10. The number of aromatic nitrogens is 3. The summed E-state index contributed by atoms with van der Waals surface area (Å²) in [6, 6.07) is 5.37. The van der Waals surface area contributed by atoms with Gasteiger partial charge in [0.15, 0.2) is 5.82 Å².